The van der Waals surface area contributed by atoms with Crippen LogP contribution in [-0.2, 0) is 22.8 Å². The number of ether oxygens (including phenoxy) is 1. The summed E-state index contributed by atoms with van der Waals surface area (Å²) in [5.41, 5.74) is 0.485. The molecule has 0 aliphatic heterocycles. The maximum absolute atomic E-state index is 11.3. The average molecular weight is 262 g/mol. The first-order valence-corrected chi connectivity index (χ1v) is 7.48. The third-order valence-electron chi connectivity index (χ3n) is 2.51. The van der Waals surface area contributed by atoms with Crippen LogP contribution >= 0.6 is 0 Å². The Hall–Kier alpha value is -0.693. The van der Waals surface area contributed by atoms with Gasteiger partial charge >= 0.3 is 14.8 Å². The van der Waals surface area contributed by atoms with E-state index in [1.54, 1.807) is 21.3 Å². The minimum Gasteiger partial charge on any atom is -0.462 e. The van der Waals surface area contributed by atoms with Crippen molar-refractivity contribution in [1.29, 1.82) is 0 Å². The molecule has 0 aromatic heterocycles. The third kappa shape index (κ3) is 5.45. The van der Waals surface area contributed by atoms with Gasteiger partial charge in [-0.05, 0) is 12.8 Å². The van der Waals surface area contributed by atoms with Crippen molar-refractivity contribution in [1.82, 2.24) is 0 Å². The molecule has 0 N–H and O–H groups in total. The van der Waals surface area contributed by atoms with E-state index in [-0.39, 0.29) is 5.97 Å². The molecule has 0 amide bonds. The van der Waals surface area contributed by atoms with E-state index in [2.05, 4.69) is 6.58 Å². The van der Waals surface area contributed by atoms with Crippen LogP contribution in [0.2, 0.25) is 6.04 Å². The molecule has 0 aliphatic rings. The molecule has 0 radical (unpaired) electrons. The number of esters is 1. The maximum atomic E-state index is 11.3. The van der Waals surface area contributed by atoms with E-state index >= 15 is 0 Å². The van der Waals surface area contributed by atoms with E-state index < -0.39 is 8.80 Å². The van der Waals surface area contributed by atoms with Gasteiger partial charge in [0.1, 0.15) is 0 Å². The van der Waals surface area contributed by atoms with Crippen LogP contribution in [0.25, 0.3) is 0 Å². The Bertz CT molecular complexity index is 242. The van der Waals surface area contributed by atoms with E-state index in [0.717, 1.165) is 0 Å². The average Bonchev–Trinajstić information content (AvgIpc) is 2.38. The van der Waals surface area contributed by atoms with Crippen LogP contribution in [0.4, 0.5) is 0 Å². The fourth-order valence-electron chi connectivity index (χ4n) is 1.26. The highest BCUT2D eigenvalue weighted by atomic mass is 28.4. The van der Waals surface area contributed by atoms with Gasteiger partial charge in [-0.15, -0.1) is 0 Å². The number of carbonyl (C=O) groups is 1. The molecule has 0 spiro atoms. The largest absolute Gasteiger partial charge is 0.500 e. The van der Waals surface area contributed by atoms with Crippen LogP contribution < -0.4 is 0 Å². The van der Waals surface area contributed by atoms with E-state index in [4.69, 9.17) is 18.0 Å². The van der Waals surface area contributed by atoms with Crippen molar-refractivity contribution in [2.45, 2.75) is 25.8 Å². The van der Waals surface area contributed by atoms with Crippen LogP contribution in [0.15, 0.2) is 12.2 Å². The lowest BCUT2D eigenvalue weighted by molar-refractivity contribution is -0.139. The summed E-state index contributed by atoms with van der Waals surface area (Å²) in [6, 6.07) is 0.613. The van der Waals surface area contributed by atoms with Crippen LogP contribution in [0, 0.1) is 0 Å². The predicted octanol–water partition coefficient (Wildman–Crippen LogP) is 1.76. The van der Waals surface area contributed by atoms with E-state index in [9.17, 15) is 4.79 Å². The lowest BCUT2D eigenvalue weighted by Gasteiger charge is -2.24. The quantitative estimate of drug-likeness (QED) is 0.274. The number of carbonyl (C=O) groups excluding carboxylic acids is 1. The van der Waals surface area contributed by atoms with Gasteiger partial charge in [-0.1, -0.05) is 13.5 Å². The van der Waals surface area contributed by atoms with Crippen LogP contribution in [0.1, 0.15) is 19.8 Å². The number of hydrogen-bond acceptors (Lipinski definition) is 5. The SMILES string of the molecule is C=C(CC)C(=O)OCCC[Si](OC)(OC)OC. The van der Waals surface area contributed by atoms with Crippen molar-refractivity contribution in [2.24, 2.45) is 0 Å². The molecule has 0 rings (SSSR count). The van der Waals surface area contributed by atoms with Crippen molar-refractivity contribution in [3.8, 4) is 0 Å². The van der Waals surface area contributed by atoms with E-state index in [1.165, 1.54) is 0 Å². The van der Waals surface area contributed by atoms with Crippen molar-refractivity contribution < 1.29 is 22.8 Å². The van der Waals surface area contributed by atoms with Gasteiger partial charge in [-0.25, -0.2) is 4.79 Å². The van der Waals surface area contributed by atoms with Gasteiger partial charge in [-0.3, -0.25) is 0 Å². The summed E-state index contributed by atoms with van der Waals surface area (Å²) in [7, 11) is 2.14. The maximum Gasteiger partial charge on any atom is 0.500 e. The first kappa shape index (κ1) is 16.3. The third-order valence-corrected chi connectivity index (χ3v) is 5.34. The Morgan fingerprint density at radius 2 is 1.71 bits per heavy atom. The minimum atomic E-state index is -2.54. The summed E-state index contributed by atoms with van der Waals surface area (Å²) in [6.45, 7) is 5.79. The fourth-order valence-corrected chi connectivity index (χ4v) is 2.95. The number of hydrogen-bond donors (Lipinski definition) is 0. The molecule has 17 heavy (non-hydrogen) atoms. The molecule has 0 heterocycles. The molecule has 0 bridgehead atoms. The van der Waals surface area contributed by atoms with Gasteiger partial charge in [0.2, 0.25) is 0 Å². The molecule has 0 aromatic rings. The summed E-state index contributed by atoms with van der Waals surface area (Å²) in [5.74, 6) is -0.341. The Morgan fingerprint density at radius 3 is 2.12 bits per heavy atom. The van der Waals surface area contributed by atoms with Crippen molar-refractivity contribution in [3.05, 3.63) is 12.2 Å². The predicted molar refractivity (Wildman–Crippen MR) is 66.6 cm³/mol. The zero-order chi connectivity index (χ0) is 13.3. The van der Waals surface area contributed by atoms with Gasteiger partial charge < -0.3 is 18.0 Å². The zero-order valence-electron chi connectivity index (χ0n) is 11.1. The Kier molecular flexibility index (Phi) is 8.06. The summed E-state index contributed by atoms with van der Waals surface area (Å²) in [4.78, 5) is 11.3. The minimum absolute atomic E-state index is 0.322. The topological polar surface area (TPSA) is 54.0 Å². The highest BCUT2D eigenvalue weighted by molar-refractivity contribution is 6.60. The molecular weight excluding hydrogens is 240 g/mol. The van der Waals surface area contributed by atoms with Gasteiger partial charge in [0.05, 0.1) is 6.61 Å². The van der Waals surface area contributed by atoms with Crippen molar-refractivity contribution >= 4 is 14.8 Å². The zero-order valence-corrected chi connectivity index (χ0v) is 12.1. The first-order valence-electron chi connectivity index (χ1n) is 5.55. The Balaban J connectivity index is 3.91. The van der Waals surface area contributed by atoms with Gasteiger partial charge in [0.15, 0.2) is 0 Å². The normalized spacial score (nSPS) is 11.3. The monoisotopic (exact) mass is 262 g/mol. The standard InChI is InChI=1S/C11H22O5Si/c1-6-10(2)11(12)16-8-7-9-17(13-3,14-4)15-5/h2,6-9H2,1,3-5H3. The molecule has 6 heteroatoms. The van der Waals surface area contributed by atoms with Crippen LogP contribution in [-0.4, -0.2) is 42.7 Å². The number of rotatable bonds is 9. The van der Waals surface area contributed by atoms with Gasteiger partial charge in [0, 0.05) is 32.9 Å². The molecule has 0 aromatic carbocycles. The molecule has 0 atom stereocenters. The van der Waals surface area contributed by atoms with Gasteiger partial charge in [-0.2, -0.15) is 0 Å². The fraction of sp³-hybridized carbons (Fsp3) is 0.727. The van der Waals surface area contributed by atoms with Crippen LogP contribution in [0.3, 0.4) is 0 Å². The highest BCUT2D eigenvalue weighted by Crippen LogP contribution is 2.15. The second-order valence-corrected chi connectivity index (χ2v) is 6.58. The first-order chi connectivity index (χ1) is 8.05. The van der Waals surface area contributed by atoms with Crippen LogP contribution in [0.5, 0.6) is 0 Å². The molecule has 0 unspecified atom stereocenters. The van der Waals surface area contributed by atoms with E-state index in [1.807, 2.05) is 6.92 Å². The summed E-state index contributed by atoms with van der Waals surface area (Å²) in [6.07, 6.45) is 1.25. The lowest BCUT2D eigenvalue weighted by Crippen LogP contribution is -2.42. The molecule has 0 aliphatic carbocycles. The molecule has 0 saturated carbocycles. The molecule has 0 fully saturated rings. The lowest BCUT2D eigenvalue weighted by atomic mass is 10.2. The summed E-state index contributed by atoms with van der Waals surface area (Å²) >= 11 is 0. The summed E-state index contributed by atoms with van der Waals surface area (Å²) in [5, 5.41) is 0. The van der Waals surface area contributed by atoms with Gasteiger partial charge in [0.25, 0.3) is 0 Å². The van der Waals surface area contributed by atoms with Crippen molar-refractivity contribution in [2.75, 3.05) is 27.9 Å². The Labute approximate surface area is 104 Å². The summed E-state index contributed by atoms with van der Waals surface area (Å²) < 4.78 is 20.8. The Morgan fingerprint density at radius 1 is 1.18 bits per heavy atom. The van der Waals surface area contributed by atoms with Crippen molar-refractivity contribution in [3.63, 3.8) is 0 Å². The molecule has 100 valence electrons. The van der Waals surface area contributed by atoms with E-state index in [0.29, 0.717) is 31.1 Å². The smallest absolute Gasteiger partial charge is 0.462 e. The second-order valence-electron chi connectivity index (χ2n) is 3.49. The second kappa shape index (κ2) is 8.41. The highest BCUT2D eigenvalue weighted by Gasteiger charge is 2.36. The molecule has 0 saturated heterocycles. The molecule has 5 nitrogen and oxygen atoms in total. The molecular formula is C11H22O5Si.